The zero-order chi connectivity index (χ0) is 11.8. The summed E-state index contributed by atoms with van der Waals surface area (Å²) in [6, 6.07) is 13.5. The number of fused-ring (bicyclic) bond motifs is 1. The van der Waals surface area contributed by atoms with Gasteiger partial charge in [0.25, 0.3) is 0 Å². The Bertz CT molecular complexity index is 671. The van der Waals surface area contributed by atoms with E-state index in [0.717, 1.165) is 28.0 Å². The molecule has 0 amide bonds. The molecular weight excluding hydrogens is 212 g/mol. The van der Waals surface area contributed by atoms with E-state index in [1.165, 1.54) is 0 Å². The van der Waals surface area contributed by atoms with Gasteiger partial charge in [0.2, 0.25) is 0 Å². The molecule has 3 heteroatoms. The first-order valence-electron chi connectivity index (χ1n) is 5.49. The Morgan fingerprint density at radius 2 is 1.82 bits per heavy atom. The number of phenolic OH excluding ortho intramolecular Hbond substituents is 1. The molecule has 0 bridgehead atoms. The summed E-state index contributed by atoms with van der Waals surface area (Å²) in [4.78, 5) is 7.79. The molecular formula is C14H12N2O. The van der Waals surface area contributed by atoms with Crippen LogP contribution in [0.5, 0.6) is 5.75 Å². The Morgan fingerprint density at radius 1 is 1.06 bits per heavy atom. The Labute approximate surface area is 98.8 Å². The monoisotopic (exact) mass is 224 g/mol. The molecule has 0 radical (unpaired) electrons. The summed E-state index contributed by atoms with van der Waals surface area (Å²) in [6.45, 7) is 1.87. The van der Waals surface area contributed by atoms with Crippen LogP contribution in [0.15, 0.2) is 42.5 Å². The van der Waals surface area contributed by atoms with Gasteiger partial charge in [-0.1, -0.05) is 30.3 Å². The van der Waals surface area contributed by atoms with E-state index in [2.05, 4.69) is 9.97 Å². The second kappa shape index (κ2) is 3.63. The van der Waals surface area contributed by atoms with Crippen molar-refractivity contribution >= 4 is 11.0 Å². The van der Waals surface area contributed by atoms with E-state index >= 15 is 0 Å². The maximum atomic E-state index is 9.64. The minimum absolute atomic E-state index is 0.281. The lowest BCUT2D eigenvalue weighted by atomic mass is 10.2. The first-order chi connectivity index (χ1) is 8.25. The van der Waals surface area contributed by atoms with Gasteiger partial charge in [-0.05, 0) is 19.1 Å². The van der Waals surface area contributed by atoms with Crippen molar-refractivity contribution in [3.8, 4) is 17.1 Å². The van der Waals surface area contributed by atoms with Gasteiger partial charge < -0.3 is 10.1 Å². The van der Waals surface area contributed by atoms with E-state index in [-0.39, 0.29) is 5.75 Å². The molecule has 0 saturated carbocycles. The molecule has 2 N–H and O–H groups in total. The van der Waals surface area contributed by atoms with Crippen LogP contribution in [0.4, 0.5) is 0 Å². The number of hydrogen-bond donors (Lipinski definition) is 2. The SMILES string of the molecule is Cc1c(O)ccc2[nH]c(-c3ccccc3)nc12. The lowest BCUT2D eigenvalue weighted by Crippen LogP contribution is -1.79. The van der Waals surface area contributed by atoms with Gasteiger partial charge in [0, 0.05) is 11.1 Å². The topological polar surface area (TPSA) is 48.9 Å². The number of rotatable bonds is 1. The zero-order valence-electron chi connectivity index (χ0n) is 9.44. The van der Waals surface area contributed by atoms with Crippen LogP contribution in [0.2, 0.25) is 0 Å². The summed E-state index contributed by atoms with van der Waals surface area (Å²) in [5.74, 6) is 1.11. The number of phenols is 1. The van der Waals surface area contributed by atoms with Gasteiger partial charge in [-0.15, -0.1) is 0 Å². The largest absolute Gasteiger partial charge is 0.508 e. The zero-order valence-corrected chi connectivity index (χ0v) is 9.44. The molecule has 0 fully saturated rings. The molecule has 2 aromatic carbocycles. The molecule has 3 rings (SSSR count). The van der Waals surface area contributed by atoms with Crippen LogP contribution in [0.25, 0.3) is 22.4 Å². The molecule has 0 saturated heterocycles. The summed E-state index contributed by atoms with van der Waals surface area (Å²) >= 11 is 0. The first kappa shape index (κ1) is 9.90. The van der Waals surface area contributed by atoms with Gasteiger partial charge in [0.15, 0.2) is 0 Å². The lowest BCUT2D eigenvalue weighted by molar-refractivity contribution is 0.472. The molecule has 17 heavy (non-hydrogen) atoms. The van der Waals surface area contributed by atoms with E-state index in [4.69, 9.17) is 0 Å². The molecule has 0 spiro atoms. The predicted octanol–water partition coefficient (Wildman–Crippen LogP) is 3.24. The lowest BCUT2D eigenvalue weighted by Gasteiger charge is -1.96. The molecule has 0 atom stereocenters. The van der Waals surface area contributed by atoms with Crippen molar-refractivity contribution in [2.45, 2.75) is 6.92 Å². The van der Waals surface area contributed by atoms with E-state index in [1.807, 2.05) is 43.3 Å². The van der Waals surface area contributed by atoms with Crippen molar-refractivity contribution in [2.24, 2.45) is 0 Å². The Hall–Kier alpha value is -2.29. The standard InChI is InChI=1S/C14H12N2O/c1-9-12(17)8-7-11-13(9)16-14(15-11)10-5-3-2-4-6-10/h2-8,17H,1H3,(H,15,16). The van der Waals surface area contributed by atoms with Gasteiger partial charge in [0.05, 0.1) is 11.0 Å². The second-order valence-electron chi connectivity index (χ2n) is 4.06. The maximum absolute atomic E-state index is 9.64. The van der Waals surface area contributed by atoms with Crippen LogP contribution in [0.1, 0.15) is 5.56 Å². The van der Waals surface area contributed by atoms with Crippen molar-refractivity contribution in [1.29, 1.82) is 0 Å². The Morgan fingerprint density at radius 3 is 2.59 bits per heavy atom. The van der Waals surface area contributed by atoms with Gasteiger partial charge in [-0.2, -0.15) is 0 Å². The smallest absolute Gasteiger partial charge is 0.138 e. The Kier molecular flexibility index (Phi) is 2.11. The highest BCUT2D eigenvalue weighted by Crippen LogP contribution is 2.27. The molecule has 3 aromatic rings. The minimum atomic E-state index is 0.281. The number of aromatic hydroxyl groups is 1. The van der Waals surface area contributed by atoms with E-state index in [1.54, 1.807) is 6.07 Å². The van der Waals surface area contributed by atoms with Crippen LogP contribution in [0.3, 0.4) is 0 Å². The molecule has 0 aliphatic carbocycles. The molecule has 0 aliphatic heterocycles. The van der Waals surface area contributed by atoms with Crippen LogP contribution < -0.4 is 0 Å². The third-order valence-corrected chi connectivity index (χ3v) is 2.93. The van der Waals surface area contributed by atoms with Crippen molar-refractivity contribution in [2.75, 3.05) is 0 Å². The first-order valence-corrected chi connectivity index (χ1v) is 5.49. The fourth-order valence-electron chi connectivity index (χ4n) is 1.93. The van der Waals surface area contributed by atoms with Gasteiger partial charge >= 0.3 is 0 Å². The summed E-state index contributed by atoms with van der Waals surface area (Å²) in [7, 11) is 0. The van der Waals surface area contributed by atoms with Gasteiger partial charge in [0.1, 0.15) is 11.6 Å². The van der Waals surface area contributed by atoms with Gasteiger partial charge in [-0.25, -0.2) is 4.98 Å². The fourth-order valence-corrected chi connectivity index (χ4v) is 1.93. The highest BCUT2D eigenvalue weighted by Gasteiger charge is 2.08. The van der Waals surface area contributed by atoms with Gasteiger partial charge in [-0.3, -0.25) is 0 Å². The average Bonchev–Trinajstić information content (AvgIpc) is 2.80. The molecule has 1 heterocycles. The second-order valence-corrected chi connectivity index (χ2v) is 4.06. The van der Waals surface area contributed by atoms with Crippen LogP contribution >= 0.6 is 0 Å². The van der Waals surface area contributed by atoms with Crippen molar-refractivity contribution < 1.29 is 5.11 Å². The number of hydrogen-bond acceptors (Lipinski definition) is 2. The van der Waals surface area contributed by atoms with Crippen molar-refractivity contribution in [1.82, 2.24) is 9.97 Å². The normalized spacial score (nSPS) is 10.9. The summed E-state index contributed by atoms with van der Waals surface area (Å²) < 4.78 is 0. The van der Waals surface area contributed by atoms with Crippen LogP contribution in [-0.4, -0.2) is 15.1 Å². The number of aromatic nitrogens is 2. The third-order valence-electron chi connectivity index (χ3n) is 2.93. The molecule has 84 valence electrons. The molecule has 0 unspecified atom stereocenters. The predicted molar refractivity (Wildman–Crippen MR) is 67.9 cm³/mol. The van der Waals surface area contributed by atoms with E-state index in [0.29, 0.717) is 0 Å². The fraction of sp³-hybridized carbons (Fsp3) is 0.0714. The van der Waals surface area contributed by atoms with E-state index in [9.17, 15) is 5.11 Å². The summed E-state index contributed by atoms with van der Waals surface area (Å²) in [6.07, 6.45) is 0. The number of imidazole rings is 1. The maximum Gasteiger partial charge on any atom is 0.138 e. The quantitative estimate of drug-likeness (QED) is 0.666. The number of nitrogens with zero attached hydrogens (tertiary/aromatic N) is 1. The number of aromatic amines is 1. The highest BCUT2D eigenvalue weighted by molar-refractivity contribution is 5.84. The van der Waals surface area contributed by atoms with E-state index < -0.39 is 0 Å². The van der Waals surface area contributed by atoms with Crippen LogP contribution in [-0.2, 0) is 0 Å². The highest BCUT2D eigenvalue weighted by atomic mass is 16.3. The van der Waals surface area contributed by atoms with Crippen molar-refractivity contribution in [3.63, 3.8) is 0 Å². The minimum Gasteiger partial charge on any atom is -0.508 e. The number of nitrogens with one attached hydrogen (secondary N) is 1. The molecule has 1 aromatic heterocycles. The Balaban J connectivity index is 2.24. The number of aryl methyl sites for hydroxylation is 1. The van der Waals surface area contributed by atoms with Crippen molar-refractivity contribution in [3.05, 3.63) is 48.0 Å². The average molecular weight is 224 g/mol. The van der Waals surface area contributed by atoms with Crippen LogP contribution in [0, 0.1) is 6.92 Å². The number of benzene rings is 2. The summed E-state index contributed by atoms with van der Waals surface area (Å²) in [5.41, 5.74) is 3.62. The third kappa shape index (κ3) is 1.56. The molecule has 3 nitrogen and oxygen atoms in total. The molecule has 0 aliphatic rings. The summed E-state index contributed by atoms with van der Waals surface area (Å²) in [5, 5.41) is 9.64. The number of H-pyrrole nitrogens is 1.